The summed E-state index contributed by atoms with van der Waals surface area (Å²) < 4.78 is 29.5. The molecule has 0 aliphatic carbocycles. The van der Waals surface area contributed by atoms with Gasteiger partial charge in [-0.2, -0.15) is 13.9 Å². The number of alkyl halides is 2. The SMILES string of the molecule is CC(C)n1nccc1NC(=O)[C@@H](C)Sc1nc2ccccc2n1C(F)F. The molecule has 3 rings (SSSR count). The van der Waals surface area contributed by atoms with Gasteiger partial charge in [-0.05, 0) is 32.9 Å². The van der Waals surface area contributed by atoms with Gasteiger partial charge in [-0.15, -0.1) is 0 Å². The smallest absolute Gasteiger partial charge is 0.310 e. The predicted molar refractivity (Wildman–Crippen MR) is 97.5 cm³/mol. The third kappa shape index (κ3) is 3.57. The number of imidazole rings is 1. The average Bonchev–Trinajstić information content (AvgIpc) is 3.18. The van der Waals surface area contributed by atoms with Gasteiger partial charge in [0.05, 0.1) is 22.5 Å². The molecule has 0 saturated carbocycles. The highest BCUT2D eigenvalue weighted by Crippen LogP contribution is 2.31. The summed E-state index contributed by atoms with van der Waals surface area (Å²) in [5.41, 5.74) is 0.816. The Hall–Kier alpha value is -2.42. The number of rotatable bonds is 6. The van der Waals surface area contributed by atoms with E-state index in [1.807, 2.05) is 13.8 Å². The summed E-state index contributed by atoms with van der Waals surface area (Å²) in [7, 11) is 0. The van der Waals surface area contributed by atoms with Gasteiger partial charge >= 0.3 is 6.55 Å². The normalized spacial score (nSPS) is 12.9. The van der Waals surface area contributed by atoms with Crippen LogP contribution < -0.4 is 5.32 Å². The minimum atomic E-state index is -2.73. The van der Waals surface area contributed by atoms with Crippen molar-refractivity contribution in [1.82, 2.24) is 19.3 Å². The van der Waals surface area contributed by atoms with Crippen LogP contribution in [0.15, 0.2) is 41.7 Å². The second-order valence-electron chi connectivity index (χ2n) is 6.03. The van der Waals surface area contributed by atoms with Crippen molar-refractivity contribution in [3.8, 4) is 0 Å². The first kappa shape index (κ1) is 18.4. The van der Waals surface area contributed by atoms with E-state index in [9.17, 15) is 13.6 Å². The number of aromatic nitrogens is 4. The number of thioether (sulfide) groups is 1. The second-order valence-corrected chi connectivity index (χ2v) is 7.34. The quantitative estimate of drug-likeness (QED) is 0.648. The first-order valence-corrected chi connectivity index (χ1v) is 9.02. The lowest BCUT2D eigenvalue weighted by Gasteiger charge is -2.15. The van der Waals surface area contributed by atoms with Gasteiger partial charge in [-0.1, -0.05) is 23.9 Å². The summed E-state index contributed by atoms with van der Waals surface area (Å²) in [6.07, 6.45) is 1.60. The Bertz CT molecular complexity index is 921. The van der Waals surface area contributed by atoms with Crippen LogP contribution in [0, 0.1) is 0 Å². The molecule has 26 heavy (non-hydrogen) atoms. The monoisotopic (exact) mass is 379 g/mol. The summed E-state index contributed by atoms with van der Waals surface area (Å²) in [6.45, 7) is 2.82. The van der Waals surface area contributed by atoms with Gasteiger partial charge in [0.25, 0.3) is 0 Å². The van der Waals surface area contributed by atoms with E-state index in [0.29, 0.717) is 16.9 Å². The van der Waals surface area contributed by atoms with Gasteiger partial charge in [0.2, 0.25) is 5.91 Å². The molecule has 2 aromatic heterocycles. The van der Waals surface area contributed by atoms with Crippen LogP contribution in [0.4, 0.5) is 14.6 Å². The number of nitrogens with one attached hydrogen (secondary N) is 1. The molecule has 0 fully saturated rings. The minimum absolute atomic E-state index is 0.0892. The molecule has 0 spiro atoms. The molecule has 0 radical (unpaired) electrons. The van der Waals surface area contributed by atoms with E-state index >= 15 is 0 Å². The fourth-order valence-corrected chi connectivity index (χ4v) is 3.48. The second kappa shape index (κ2) is 7.45. The fourth-order valence-electron chi connectivity index (χ4n) is 2.56. The minimum Gasteiger partial charge on any atom is -0.310 e. The maximum atomic E-state index is 13.5. The highest BCUT2D eigenvalue weighted by Gasteiger charge is 2.23. The van der Waals surface area contributed by atoms with Crippen LogP contribution in [0.1, 0.15) is 33.4 Å². The van der Waals surface area contributed by atoms with Crippen LogP contribution in [-0.4, -0.2) is 30.5 Å². The Morgan fingerprint density at radius 1 is 1.19 bits per heavy atom. The van der Waals surface area contributed by atoms with Crippen LogP contribution in [0.3, 0.4) is 0 Å². The zero-order chi connectivity index (χ0) is 18.8. The number of anilines is 1. The maximum absolute atomic E-state index is 13.5. The van der Waals surface area contributed by atoms with Crippen molar-refractivity contribution in [1.29, 1.82) is 0 Å². The van der Waals surface area contributed by atoms with Crippen LogP contribution in [-0.2, 0) is 4.79 Å². The van der Waals surface area contributed by atoms with Gasteiger partial charge in [0.1, 0.15) is 5.82 Å². The van der Waals surface area contributed by atoms with E-state index in [1.54, 1.807) is 48.1 Å². The Kier molecular flexibility index (Phi) is 5.26. The van der Waals surface area contributed by atoms with Crippen molar-refractivity contribution in [3.63, 3.8) is 0 Å². The van der Waals surface area contributed by atoms with Gasteiger partial charge in [0, 0.05) is 12.1 Å². The first-order chi connectivity index (χ1) is 12.4. The molecule has 1 N–H and O–H groups in total. The molecule has 2 heterocycles. The number of halogens is 2. The van der Waals surface area contributed by atoms with E-state index in [2.05, 4.69) is 15.4 Å². The number of amides is 1. The molecule has 0 aliphatic heterocycles. The van der Waals surface area contributed by atoms with Gasteiger partial charge in [0.15, 0.2) is 5.16 Å². The van der Waals surface area contributed by atoms with Crippen molar-refractivity contribution >= 4 is 34.5 Å². The lowest BCUT2D eigenvalue weighted by Crippen LogP contribution is -2.25. The molecule has 0 aliphatic rings. The summed E-state index contributed by atoms with van der Waals surface area (Å²) in [5.74, 6) is 0.269. The van der Waals surface area contributed by atoms with Crippen LogP contribution >= 0.6 is 11.8 Å². The first-order valence-electron chi connectivity index (χ1n) is 8.14. The lowest BCUT2D eigenvalue weighted by atomic mass is 10.3. The standard InChI is InChI=1S/C17H19F2N5OS/c1-10(2)24-14(8-9-20-24)22-15(25)11(3)26-17-21-12-6-4-5-7-13(12)23(17)16(18)19/h4-11,16H,1-3H3,(H,22,25)/t11-/m1/s1. The van der Waals surface area contributed by atoms with Crippen LogP contribution in [0.2, 0.25) is 0 Å². The van der Waals surface area contributed by atoms with E-state index in [4.69, 9.17) is 0 Å². The number of carbonyl (C=O) groups is 1. The molecular weight excluding hydrogens is 360 g/mol. The molecule has 0 bridgehead atoms. The van der Waals surface area contributed by atoms with Gasteiger partial charge in [-0.25, -0.2) is 9.67 Å². The summed E-state index contributed by atoms with van der Waals surface area (Å²) >= 11 is 0.999. The van der Waals surface area contributed by atoms with Crippen molar-refractivity contribution in [2.75, 3.05) is 5.32 Å². The number of hydrogen-bond acceptors (Lipinski definition) is 4. The molecule has 1 atom stereocenters. The predicted octanol–water partition coefficient (Wildman–Crippen LogP) is 4.33. The van der Waals surface area contributed by atoms with Crippen molar-refractivity contribution in [2.45, 2.75) is 43.8 Å². The fraction of sp³-hybridized carbons (Fsp3) is 0.353. The Labute approximate surface area is 153 Å². The number of carbonyl (C=O) groups excluding carboxylic acids is 1. The Morgan fingerprint density at radius 3 is 2.62 bits per heavy atom. The van der Waals surface area contributed by atoms with E-state index in [-0.39, 0.29) is 17.1 Å². The van der Waals surface area contributed by atoms with E-state index in [1.165, 1.54) is 0 Å². The number of nitrogens with zero attached hydrogens (tertiary/aromatic N) is 4. The molecule has 0 unspecified atom stereocenters. The van der Waals surface area contributed by atoms with Crippen LogP contribution in [0.25, 0.3) is 11.0 Å². The third-order valence-corrected chi connectivity index (χ3v) is 4.89. The van der Waals surface area contributed by atoms with Gasteiger partial charge < -0.3 is 5.32 Å². The molecule has 138 valence electrons. The van der Waals surface area contributed by atoms with Crippen molar-refractivity contribution in [2.24, 2.45) is 0 Å². The zero-order valence-electron chi connectivity index (χ0n) is 14.6. The summed E-state index contributed by atoms with van der Waals surface area (Å²) in [6, 6.07) is 8.47. The Morgan fingerprint density at radius 2 is 1.92 bits per heavy atom. The molecule has 3 aromatic rings. The molecular formula is C17H19F2N5OS. The number of benzene rings is 1. The Balaban J connectivity index is 1.80. The zero-order valence-corrected chi connectivity index (χ0v) is 15.4. The largest absolute Gasteiger partial charge is 0.321 e. The van der Waals surface area contributed by atoms with Gasteiger partial charge in [-0.3, -0.25) is 9.36 Å². The highest BCUT2D eigenvalue weighted by atomic mass is 32.2. The highest BCUT2D eigenvalue weighted by molar-refractivity contribution is 8.00. The maximum Gasteiger partial charge on any atom is 0.321 e. The summed E-state index contributed by atoms with van der Waals surface area (Å²) in [4.78, 5) is 16.7. The van der Waals surface area contributed by atoms with Crippen LogP contribution in [0.5, 0.6) is 0 Å². The lowest BCUT2D eigenvalue weighted by molar-refractivity contribution is -0.115. The molecule has 1 amide bonds. The molecule has 1 aromatic carbocycles. The number of para-hydroxylation sites is 2. The summed E-state index contributed by atoms with van der Waals surface area (Å²) in [5, 5.41) is 6.45. The average molecular weight is 379 g/mol. The van der Waals surface area contributed by atoms with Crippen molar-refractivity contribution < 1.29 is 13.6 Å². The topological polar surface area (TPSA) is 64.7 Å². The van der Waals surface area contributed by atoms with Crippen molar-refractivity contribution in [3.05, 3.63) is 36.5 Å². The number of hydrogen-bond donors (Lipinski definition) is 1. The molecule has 9 heteroatoms. The van der Waals surface area contributed by atoms with E-state index < -0.39 is 11.8 Å². The molecule has 0 saturated heterocycles. The molecule has 6 nitrogen and oxygen atoms in total. The number of fused-ring (bicyclic) bond motifs is 1. The van der Waals surface area contributed by atoms with E-state index in [0.717, 1.165) is 16.3 Å². The third-order valence-electron chi connectivity index (χ3n) is 3.82.